The summed E-state index contributed by atoms with van der Waals surface area (Å²) in [6.07, 6.45) is 18.0. The van der Waals surface area contributed by atoms with Gasteiger partial charge in [-0.3, -0.25) is 0 Å². The number of hydrogen-bond donors (Lipinski definition) is 0. The van der Waals surface area contributed by atoms with Crippen molar-refractivity contribution in [1.82, 2.24) is 0 Å². The van der Waals surface area contributed by atoms with Gasteiger partial charge < -0.3 is 9.47 Å². The first-order valence-electron chi connectivity index (χ1n) is 9.39. The molecule has 1 rings (SSSR count). The molecule has 126 valence electrons. The lowest BCUT2D eigenvalue weighted by molar-refractivity contribution is -0.154. The Morgan fingerprint density at radius 3 is 1.95 bits per heavy atom. The molecule has 1 atom stereocenters. The molecule has 21 heavy (non-hydrogen) atoms. The van der Waals surface area contributed by atoms with E-state index in [2.05, 4.69) is 6.92 Å². The van der Waals surface area contributed by atoms with Crippen molar-refractivity contribution in [2.45, 2.75) is 96.7 Å². The molecule has 1 unspecified atom stereocenters. The maximum absolute atomic E-state index is 5.60. The molecule has 1 aliphatic carbocycles. The van der Waals surface area contributed by atoms with Crippen LogP contribution < -0.4 is 0 Å². The van der Waals surface area contributed by atoms with Crippen LogP contribution in [0.1, 0.15) is 90.4 Å². The highest BCUT2D eigenvalue weighted by Gasteiger charge is 2.30. The average molecular weight is 299 g/mol. The van der Waals surface area contributed by atoms with E-state index in [0.717, 1.165) is 5.92 Å². The van der Waals surface area contributed by atoms with Crippen molar-refractivity contribution in [2.75, 3.05) is 14.2 Å². The molecular weight excluding hydrogens is 260 g/mol. The molecule has 1 aliphatic rings. The van der Waals surface area contributed by atoms with E-state index in [1.54, 1.807) is 14.2 Å². The van der Waals surface area contributed by atoms with Gasteiger partial charge in [0.2, 0.25) is 0 Å². The lowest BCUT2D eigenvalue weighted by Crippen LogP contribution is -2.32. The van der Waals surface area contributed by atoms with Crippen molar-refractivity contribution in [3.8, 4) is 0 Å². The molecular formula is C19H38O2. The molecule has 0 heterocycles. The van der Waals surface area contributed by atoms with Gasteiger partial charge in [0.05, 0.1) is 0 Å². The first-order chi connectivity index (χ1) is 10.3. The van der Waals surface area contributed by atoms with E-state index in [-0.39, 0.29) is 6.29 Å². The van der Waals surface area contributed by atoms with Crippen LogP contribution in [0.5, 0.6) is 0 Å². The summed E-state index contributed by atoms with van der Waals surface area (Å²) in [5.41, 5.74) is 0. The summed E-state index contributed by atoms with van der Waals surface area (Å²) in [4.78, 5) is 0. The van der Waals surface area contributed by atoms with E-state index in [1.807, 2.05) is 0 Å². The van der Waals surface area contributed by atoms with Crippen molar-refractivity contribution < 1.29 is 9.47 Å². The lowest BCUT2D eigenvalue weighted by Gasteiger charge is -2.34. The summed E-state index contributed by atoms with van der Waals surface area (Å²) in [7, 11) is 3.60. The van der Waals surface area contributed by atoms with Crippen molar-refractivity contribution in [2.24, 2.45) is 11.8 Å². The molecule has 1 fully saturated rings. The minimum atomic E-state index is 0.00758. The van der Waals surface area contributed by atoms with Crippen molar-refractivity contribution >= 4 is 0 Å². The van der Waals surface area contributed by atoms with Crippen LogP contribution in [0.25, 0.3) is 0 Å². The summed E-state index contributed by atoms with van der Waals surface area (Å²) < 4.78 is 11.2. The Morgan fingerprint density at radius 2 is 1.38 bits per heavy atom. The zero-order valence-electron chi connectivity index (χ0n) is 14.7. The number of methoxy groups -OCH3 is 2. The monoisotopic (exact) mass is 298 g/mol. The third kappa shape index (κ3) is 7.65. The second-order valence-corrected chi connectivity index (χ2v) is 6.81. The molecule has 0 N–H and O–H groups in total. The Bertz CT molecular complexity index is 220. The van der Waals surface area contributed by atoms with E-state index in [1.165, 1.54) is 83.5 Å². The molecule has 0 aliphatic heterocycles. The van der Waals surface area contributed by atoms with Crippen LogP contribution in [0.3, 0.4) is 0 Å². The van der Waals surface area contributed by atoms with Crippen molar-refractivity contribution in [3.05, 3.63) is 0 Å². The number of unbranched alkanes of at least 4 members (excludes halogenated alkanes) is 6. The fourth-order valence-corrected chi connectivity index (χ4v) is 3.94. The largest absolute Gasteiger partial charge is 0.356 e. The van der Waals surface area contributed by atoms with Crippen LogP contribution in [-0.2, 0) is 9.47 Å². The van der Waals surface area contributed by atoms with Crippen LogP contribution in [0, 0.1) is 11.8 Å². The minimum Gasteiger partial charge on any atom is -0.356 e. The highest BCUT2D eigenvalue weighted by atomic mass is 16.7. The van der Waals surface area contributed by atoms with Crippen LogP contribution >= 0.6 is 0 Å². The van der Waals surface area contributed by atoms with Gasteiger partial charge in [-0.1, -0.05) is 71.1 Å². The number of ether oxygens (including phenoxy) is 2. The van der Waals surface area contributed by atoms with Gasteiger partial charge in [0, 0.05) is 20.1 Å². The molecule has 2 nitrogen and oxygen atoms in total. The molecule has 0 spiro atoms. The molecule has 0 aromatic carbocycles. The molecule has 0 bridgehead atoms. The molecule has 0 saturated heterocycles. The second-order valence-electron chi connectivity index (χ2n) is 6.81. The predicted octanol–water partition coefficient (Wildman–Crippen LogP) is 5.94. The van der Waals surface area contributed by atoms with Crippen LogP contribution in [0.4, 0.5) is 0 Å². The van der Waals surface area contributed by atoms with Gasteiger partial charge in [-0.15, -0.1) is 0 Å². The van der Waals surface area contributed by atoms with Gasteiger partial charge in [-0.25, -0.2) is 0 Å². The summed E-state index contributed by atoms with van der Waals surface area (Å²) in [6, 6.07) is 0. The van der Waals surface area contributed by atoms with Crippen LogP contribution in [0.2, 0.25) is 0 Å². The van der Waals surface area contributed by atoms with Gasteiger partial charge in [0.1, 0.15) is 0 Å². The van der Waals surface area contributed by atoms with E-state index in [0.29, 0.717) is 5.92 Å². The standard InChI is InChI=1S/C19H38O2/c1-4-5-6-7-8-9-13-16-18(19(20-2)21-3)17-14-11-10-12-15-17/h17-19H,4-16H2,1-3H3. The predicted molar refractivity (Wildman–Crippen MR) is 90.5 cm³/mol. The van der Waals surface area contributed by atoms with E-state index >= 15 is 0 Å². The number of rotatable bonds is 12. The SMILES string of the molecule is CCCCCCCCCC(C1CCCCC1)C(OC)OC. The Kier molecular flexibility index (Phi) is 11.3. The Morgan fingerprint density at radius 1 is 0.810 bits per heavy atom. The van der Waals surface area contributed by atoms with E-state index < -0.39 is 0 Å². The normalized spacial score (nSPS) is 18.3. The van der Waals surface area contributed by atoms with Crippen molar-refractivity contribution in [1.29, 1.82) is 0 Å². The lowest BCUT2D eigenvalue weighted by atomic mass is 9.77. The third-order valence-electron chi connectivity index (χ3n) is 5.21. The molecule has 0 aromatic heterocycles. The molecule has 0 aromatic rings. The zero-order chi connectivity index (χ0) is 15.3. The van der Waals surface area contributed by atoms with E-state index in [9.17, 15) is 0 Å². The molecule has 2 heteroatoms. The molecule has 0 amide bonds. The van der Waals surface area contributed by atoms with Crippen molar-refractivity contribution in [3.63, 3.8) is 0 Å². The van der Waals surface area contributed by atoms with Gasteiger partial charge in [-0.2, -0.15) is 0 Å². The topological polar surface area (TPSA) is 18.5 Å². The van der Waals surface area contributed by atoms with Crippen LogP contribution in [-0.4, -0.2) is 20.5 Å². The Balaban J connectivity index is 2.28. The first kappa shape index (κ1) is 19.0. The summed E-state index contributed by atoms with van der Waals surface area (Å²) in [5, 5.41) is 0. The second kappa shape index (κ2) is 12.5. The number of hydrogen-bond acceptors (Lipinski definition) is 2. The maximum atomic E-state index is 5.60. The van der Waals surface area contributed by atoms with Gasteiger partial charge in [-0.05, 0) is 25.2 Å². The Hall–Kier alpha value is -0.0800. The van der Waals surface area contributed by atoms with Gasteiger partial charge in [0.25, 0.3) is 0 Å². The summed E-state index contributed by atoms with van der Waals surface area (Å²) >= 11 is 0. The average Bonchev–Trinajstić information content (AvgIpc) is 2.54. The summed E-state index contributed by atoms with van der Waals surface area (Å²) in [6.45, 7) is 2.28. The quantitative estimate of drug-likeness (QED) is 0.328. The first-order valence-corrected chi connectivity index (χ1v) is 9.39. The fourth-order valence-electron chi connectivity index (χ4n) is 3.94. The van der Waals surface area contributed by atoms with Gasteiger partial charge in [0.15, 0.2) is 6.29 Å². The van der Waals surface area contributed by atoms with Crippen LogP contribution in [0.15, 0.2) is 0 Å². The highest BCUT2D eigenvalue weighted by molar-refractivity contribution is 4.76. The van der Waals surface area contributed by atoms with E-state index in [4.69, 9.17) is 9.47 Å². The van der Waals surface area contributed by atoms with Gasteiger partial charge >= 0.3 is 0 Å². The molecule has 1 saturated carbocycles. The minimum absolute atomic E-state index is 0.00758. The molecule has 0 radical (unpaired) electrons. The fraction of sp³-hybridized carbons (Fsp3) is 1.00. The Labute approximate surface area is 133 Å². The zero-order valence-corrected chi connectivity index (χ0v) is 14.7. The highest BCUT2D eigenvalue weighted by Crippen LogP contribution is 2.35. The summed E-state index contributed by atoms with van der Waals surface area (Å²) in [5.74, 6) is 1.43. The smallest absolute Gasteiger partial charge is 0.159 e. The third-order valence-corrected chi connectivity index (χ3v) is 5.21. The maximum Gasteiger partial charge on any atom is 0.159 e.